The third-order valence-electron chi connectivity index (χ3n) is 2.32. The first-order chi connectivity index (χ1) is 8.45. The average Bonchev–Trinajstić information content (AvgIpc) is 2.34. The zero-order chi connectivity index (χ0) is 14.0. The van der Waals surface area contributed by atoms with Crippen LogP contribution in [0.2, 0.25) is 0 Å². The van der Waals surface area contributed by atoms with Gasteiger partial charge < -0.3 is 20.8 Å². The molecule has 0 aromatic rings. The molecule has 0 spiro atoms. The molecule has 0 amide bonds. The van der Waals surface area contributed by atoms with Crippen molar-refractivity contribution in [3.8, 4) is 0 Å². The van der Waals surface area contributed by atoms with Crippen molar-refractivity contribution in [2.75, 3.05) is 19.8 Å². The molecule has 0 fully saturated rings. The zero-order valence-electron chi connectivity index (χ0n) is 10.7. The number of aliphatic hydroxyl groups is 2. The van der Waals surface area contributed by atoms with E-state index in [2.05, 4.69) is 11.4 Å². The number of aliphatic hydroxyl groups excluding tert-OH is 2. The fourth-order valence-electron chi connectivity index (χ4n) is 1.29. The number of phosphoric acid groups is 1. The number of nitrogens with two attached hydrogens (primary N) is 1. The topological polar surface area (TPSA) is 122 Å². The van der Waals surface area contributed by atoms with Crippen LogP contribution in [0.5, 0.6) is 0 Å². The standard InChI is InChI=1S/C10H24NO6P/c1-2-3-4-5-10(6-11)17-18(14,15)16-8-9(13)7-12/h9-10,12-13H,2-8,11H2,1H3,(H,14,15). The van der Waals surface area contributed by atoms with Crippen molar-refractivity contribution in [3.05, 3.63) is 0 Å². The summed E-state index contributed by atoms with van der Waals surface area (Å²) in [6.07, 6.45) is 1.73. The van der Waals surface area contributed by atoms with Gasteiger partial charge in [-0.05, 0) is 6.42 Å². The van der Waals surface area contributed by atoms with Crippen molar-refractivity contribution in [1.82, 2.24) is 0 Å². The molecule has 110 valence electrons. The van der Waals surface area contributed by atoms with E-state index < -0.39 is 33.2 Å². The van der Waals surface area contributed by atoms with Gasteiger partial charge in [0.05, 0.1) is 19.3 Å². The highest BCUT2D eigenvalue weighted by Crippen LogP contribution is 2.45. The normalized spacial score (nSPS) is 18.3. The molecular formula is C10H24NO6P. The second-order valence-electron chi connectivity index (χ2n) is 4.06. The molecule has 0 aliphatic rings. The highest BCUT2D eigenvalue weighted by atomic mass is 31.2. The molecule has 0 aromatic heterocycles. The van der Waals surface area contributed by atoms with Crippen molar-refractivity contribution in [1.29, 1.82) is 0 Å². The van der Waals surface area contributed by atoms with Crippen molar-refractivity contribution >= 4 is 7.82 Å². The Labute approximate surface area is 108 Å². The molecule has 0 rings (SSSR count). The van der Waals surface area contributed by atoms with Crippen LogP contribution in [-0.2, 0) is 13.6 Å². The molecule has 3 atom stereocenters. The molecule has 0 heterocycles. The van der Waals surface area contributed by atoms with Gasteiger partial charge in [0.1, 0.15) is 6.10 Å². The predicted molar refractivity (Wildman–Crippen MR) is 66.9 cm³/mol. The van der Waals surface area contributed by atoms with Crippen LogP contribution >= 0.6 is 7.82 Å². The van der Waals surface area contributed by atoms with E-state index in [0.717, 1.165) is 19.3 Å². The summed E-state index contributed by atoms with van der Waals surface area (Å²) >= 11 is 0. The molecule has 8 heteroatoms. The van der Waals surface area contributed by atoms with Crippen molar-refractivity contribution < 1.29 is 28.7 Å². The maximum absolute atomic E-state index is 11.5. The van der Waals surface area contributed by atoms with Crippen LogP contribution in [0.25, 0.3) is 0 Å². The fourth-order valence-corrected chi connectivity index (χ4v) is 2.28. The van der Waals surface area contributed by atoms with Crippen molar-refractivity contribution in [3.63, 3.8) is 0 Å². The SMILES string of the molecule is CCCCCC(CN)OP(=O)(O)OCC(O)CO. The Morgan fingerprint density at radius 2 is 2.06 bits per heavy atom. The van der Waals surface area contributed by atoms with Crippen molar-refractivity contribution in [2.24, 2.45) is 5.73 Å². The van der Waals surface area contributed by atoms with E-state index in [4.69, 9.17) is 20.5 Å². The second kappa shape index (κ2) is 9.86. The van der Waals surface area contributed by atoms with E-state index in [1.807, 2.05) is 0 Å². The van der Waals surface area contributed by atoms with Gasteiger partial charge in [-0.15, -0.1) is 0 Å². The van der Waals surface area contributed by atoms with Gasteiger partial charge in [-0.25, -0.2) is 4.57 Å². The van der Waals surface area contributed by atoms with Crippen LogP contribution in [0.1, 0.15) is 32.6 Å². The third kappa shape index (κ3) is 8.99. The molecule has 18 heavy (non-hydrogen) atoms. The molecule has 0 aromatic carbocycles. The quantitative estimate of drug-likeness (QED) is 0.320. The minimum absolute atomic E-state index is 0.125. The molecule has 3 unspecified atom stereocenters. The first-order valence-corrected chi connectivity index (χ1v) is 7.59. The van der Waals surface area contributed by atoms with Crippen LogP contribution in [0.15, 0.2) is 0 Å². The van der Waals surface area contributed by atoms with Gasteiger partial charge in [0.2, 0.25) is 0 Å². The second-order valence-corrected chi connectivity index (χ2v) is 5.47. The van der Waals surface area contributed by atoms with Crippen LogP contribution in [0.4, 0.5) is 0 Å². The van der Waals surface area contributed by atoms with Crippen LogP contribution < -0.4 is 5.73 Å². The summed E-state index contributed by atoms with van der Waals surface area (Å²) in [6.45, 7) is 1.17. The summed E-state index contributed by atoms with van der Waals surface area (Å²) in [5.41, 5.74) is 5.44. The van der Waals surface area contributed by atoms with Gasteiger partial charge in [0, 0.05) is 6.54 Å². The first kappa shape index (κ1) is 18.0. The Morgan fingerprint density at radius 1 is 1.39 bits per heavy atom. The number of unbranched alkanes of at least 4 members (excludes halogenated alkanes) is 2. The number of hydrogen-bond donors (Lipinski definition) is 4. The summed E-state index contributed by atoms with van der Waals surface area (Å²) in [5.74, 6) is 0. The largest absolute Gasteiger partial charge is 0.472 e. The molecule has 0 aliphatic heterocycles. The lowest BCUT2D eigenvalue weighted by molar-refractivity contribution is 0.0286. The molecule has 0 saturated carbocycles. The van der Waals surface area contributed by atoms with Gasteiger partial charge in [-0.3, -0.25) is 9.05 Å². The van der Waals surface area contributed by atoms with E-state index in [1.54, 1.807) is 0 Å². The van der Waals surface area contributed by atoms with Gasteiger partial charge in [-0.1, -0.05) is 26.2 Å². The zero-order valence-corrected chi connectivity index (χ0v) is 11.6. The number of rotatable bonds is 11. The molecule has 0 radical (unpaired) electrons. The highest BCUT2D eigenvalue weighted by Gasteiger charge is 2.26. The summed E-state index contributed by atoms with van der Waals surface area (Å²) in [7, 11) is -4.23. The molecule has 7 nitrogen and oxygen atoms in total. The Morgan fingerprint density at radius 3 is 2.56 bits per heavy atom. The minimum Gasteiger partial charge on any atom is -0.394 e. The number of phosphoric ester groups is 1. The first-order valence-electron chi connectivity index (χ1n) is 6.09. The predicted octanol–water partition coefficient (Wildman–Crippen LogP) is 0.381. The van der Waals surface area contributed by atoms with E-state index in [1.165, 1.54) is 0 Å². The van der Waals surface area contributed by atoms with E-state index in [9.17, 15) is 9.46 Å². The van der Waals surface area contributed by atoms with E-state index in [-0.39, 0.29) is 6.54 Å². The molecule has 0 bridgehead atoms. The monoisotopic (exact) mass is 285 g/mol. The maximum Gasteiger partial charge on any atom is 0.472 e. The summed E-state index contributed by atoms with van der Waals surface area (Å²) < 4.78 is 20.9. The van der Waals surface area contributed by atoms with Crippen LogP contribution in [-0.4, -0.2) is 47.1 Å². The smallest absolute Gasteiger partial charge is 0.394 e. The lowest BCUT2D eigenvalue weighted by Gasteiger charge is -2.20. The molecular weight excluding hydrogens is 261 g/mol. The third-order valence-corrected chi connectivity index (χ3v) is 3.36. The van der Waals surface area contributed by atoms with Gasteiger partial charge >= 0.3 is 7.82 Å². The molecule has 5 N–H and O–H groups in total. The fraction of sp³-hybridized carbons (Fsp3) is 1.00. The van der Waals surface area contributed by atoms with Crippen LogP contribution in [0, 0.1) is 0 Å². The molecule has 0 saturated heterocycles. The lowest BCUT2D eigenvalue weighted by Crippen LogP contribution is -2.24. The summed E-state index contributed by atoms with van der Waals surface area (Å²) in [5, 5.41) is 17.5. The minimum atomic E-state index is -4.23. The average molecular weight is 285 g/mol. The van der Waals surface area contributed by atoms with Gasteiger partial charge in [0.15, 0.2) is 0 Å². The summed E-state index contributed by atoms with van der Waals surface area (Å²) in [6, 6.07) is 0. The van der Waals surface area contributed by atoms with Gasteiger partial charge in [-0.2, -0.15) is 0 Å². The number of hydrogen-bond acceptors (Lipinski definition) is 6. The Balaban J connectivity index is 4.05. The van der Waals surface area contributed by atoms with E-state index >= 15 is 0 Å². The van der Waals surface area contributed by atoms with E-state index in [0.29, 0.717) is 6.42 Å². The maximum atomic E-state index is 11.5. The molecule has 0 aliphatic carbocycles. The van der Waals surface area contributed by atoms with Crippen molar-refractivity contribution in [2.45, 2.75) is 44.8 Å². The Kier molecular flexibility index (Phi) is 9.85. The lowest BCUT2D eigenvalue weighted by atomic mass is 10.1. The van der Waals surface area contributed by atoms with Crippen LogP contribution in [0.3, 0.4) is 0 Å². The summed E-state index contributed by atoms with van der Waals surface area (Å²) in [4.78, 5) is 9.38. The Hall–Kier alpha value is -0.0100. The highest BCUT2D eigenvalue weighted by molar-refractivity contribution is 7.47. The van der Waals surface area contributed by atoms with Gasteiger partial charge in [0.25, 0.3) is 0 Å². The Bertz CT molecular complexity index is 253.